The van der Waals surface area contributed by atoms with Crippen LogP contribution in [0.3, 0.4) is 0 Å². The maximum Gasteiger partial charge on any atom is 0.343 e. The van der Waals surface area contributed by atoms with Crippen molar-refractivity contribution >= 4 is 17.6 Å². The van der Waals surface area contributed by atoms with Crippen LogP contribution in [-0.2, 0) is 9.53 Å². The first-order valence-electron chi connectivity index (χ1n) is 8.31. The summed E-state index contributed by atoms with van der Waals surface area (Å²) in [5.41, 5.74) is 0.589. The monoisotopic (exact) mass is 379 g/mol. The zero-order chi connectivity index (χ0) is 20.1. The van der Waals surface area contributed by atoms with Crippen molar-refractivity contribution in [1.29, 1.82) is 5.26 Å². The fourth-order valence-corrected chi connectivity index (χ4v) is 2.61. The number of benzene rings is 1. The molecule has 0 aliphatic carbocycles. The van der Waals surface area contributed by atoms with Crippen LogP contribution in [0, 0.1) is 18.3 Å². The van der Waals surface area contributed by atoms with Crippen LogP contribution in [-0.4, -0.2) is 30.2 Å². The number of carbonyl (C=O) groups excluding carboxylic acids is 2. The molecule has 0 spiro atoms. The molecule has 0 aliphatic heterocycles. The first-order chi connectivity index (χ1) is 13.5. The van der Waals surface area contributed by atoms with Crippen molar-refractivity contribution < 1.29 is 23.5 Å². The number of furan rings is 1. The Labute approximate surface area is 160 Å². The van der Waals surface area contributed by atoms with Crippen molar-refractivity contribution in [2.45, 2.75) is 6.92 Å². The summed E-state index contributed by atoms with van der Waals surface area (Å²) in [5.74, 6) is -0.201. The van der Waals surface area contributed by atoms with Crippen molar-refractivity contribution in [3.05, 3.63) is 65.7 Å². The topological polar surface area (TPSA) is 106 Å². The molecule has 142 valence electrons. The molecule has 1 N–H and O–H groups in total. The normalized spacial score (nSPS) is 10.2. The Bertz CT molecular complexity index is 1030. The van der Waals surface area contributed by atoms with E-state index in [1.165, 1.54) is 0 Å². The number of amides is 1. The van der Waals surface area contributed by atoms with Crippen molar-refractivity contribution in [3.8, 4) is 17.7 Å². The fourth-order valence-electron chi connectivity index (χ4n) is 2.61. The summed E-state index contributed by atoms with van der Waals surface area (Å²) >= 11 is 0. The Morgan fingerprint density at radius 2 is 1.89 bits per heavy atom. The predicted molar refractivity (Wildman–Crippen MR) is 99.4 cm³/mol. The summed E-state index contributed by atoms with van der Waals surface area (Å²) < 4.78 is 17.2. The van der Waals surface area contributed by atoms with Gasteiger partial charge in [-0.3, -0.25) is 9.36 Å². The highest BCUT2D eigenvalue weighted by Crippen LogP contribution is 2.26. The lowest BCUT2D eigenvalue weighted by Crippen LogP contribution is -2.21. The molecular formula is C20H17N3O5. The van der Waals surface area contributed by atoms with Gasteiger partial charge in [-0.05, 0) is 43.3 Å². The van der Waals surface area contributed by atoms with E-state index in [4.69, 9.17) is 13.9 Å². The average Bonchev–Trinajstić information content (AvgIpc) is 3.34. The van der Waals surface area contributed by atoms with E-state index in [1.807, 2.05) is 6.07 Å². The van der Waals surface area contributed by atoms with Crippen LogP contribution in [0.1, 0.15) is 21.7 Å². The van der Waals surface area contributed by atoms with Gasteiger partial charge in [-0.2, -0.15) is 5.26 Å². The zero-order valence-corrected chi connectivity index (χ0v) is 15.3. The Balaban J connectivity index is 1.68. The van der Waals surface area contributed by atoms with E-state index in [-0.39, 0.29) is 22.8 Å². The molecule has 0 unspecified atom stereocenters. The van der Waals surface area contributed by atoms with Crippen molar-refractivity contribution in [2.75, 3.05) is 19.0 Å². The van der Waals surface area contributed by atoms with Gasteiger partial charge in [0.25, 0.3) is 5.91 Å². The molecule has 3 rings (SSSR count). The van der Waals surface area contributed by atoms with Crippen LogP contribution in [0.4, 0.5) is 5.69 Å². The third kappa shape index (κ3) is 3.88. The van der Waals surface area contributed by atoms with Gasteiger partial charge in [0.05, 0.1) is 7.11 Å². The van der Waals surface area contributed by atoms with E-state index >= 15 is 0 Å². The molecule has 2 heterocycles. The standard InChI is InChI=1S/C20H17N3O5/c1-13-18(16(11-21)19(28-13)23-9-3-4-10-23)20(25)27-12-17(24)22-14-5-7-15(26-2)8-6-14/h3-10H,12H2,1-2H3,(H,22,24). The van der Waals surface area contributed by atoms with Crippen LogP contribution < -0.4 is 10.1 Å². The van der Waals surface area contributed by atoms with E-state index in [1.54, 1.807) is 67.4 Å². The van der Waals surface area contributed by atoms with E-state index in [0.717, 1.165) is 0 Å². The highest BCUT2D eigenvalue weighted by atomic mass is 16.5. The van der Waals surface area contributed by atoms with Gasteiger partial charge in [0.2, 0.25) is 5.88 Å². The van der Waals surface area contributed by atoms with E-state index in [9.17, 15) is 14.9 Å². The molecule has 0 atom stereocenters. The van der Waals surface area contributed by atoms with Gasteiger partial charge in [0.1, 0.15) is 28.7 Å². The summed E-state index contributed by atoms with van der Waals surface area (Å²) in [5, 5.41) is 12.1. The minimum atomic E-state index is -0.805. The third-order valence-electron chi connectivity index (χ3n) is 3.93. The van der Waals surface area contributed by atoms with Crippen molar-refractivity contribution in [2.24, 2.45) is 0 Å². The van der Waals surface area contributed by atoms with Gasteiger partial charge in [-0.15, -0.1) is 0 Å². The molecule has 3 aromatic rings. The average molecular weight is 379 g/mol. The zero-order valence-electron chi connectivity index (χ0n) is 15.3. The first-order valence-corrected chi connectivity index (χ1v) is 8.31. The smallest absolute Gasteiger partial charge is 0.343 e. The maximum atomic E-state index is 12.4. The van der Waals surface area contributed by atoms with Crippen molar-refractivity contribution in [1.82, 2.24) is 4.57 Å². The van der Waals surface area contributed by atoms with Gasteiger partial charge in [-0.25, -0.2) is 4.79 Å². The van der Waals surface area contributed by atoms with Crippen molar-refractivity contribution in [3.63, 3.8) is 0 Å². The lowest BCUT2D eigenvalue weighted by atomic mass is 10.1. The molecule has 0 fully saturated rings. The summed E-state index contributed by atoms with van der Waals surface area (Å²) in [6.07, 6.45) is 3.38. The van der Waals surface area contributed by atoms with Crippen LogP contribution in [0.5, 0.6) is 5.75 Å². The summed E-state index contributed by atoms with van der Waals surface area (Å²) in [7, 11) is 1.54. The quantitative estimate of drug-likeness (QED) is 0.660. The Hall–Kier alpha value is -3.99. The summed E-state index contributed by atoms with van der Waals surface area (Å²) in [6, 6.07) is 12.2. The Morgan fingerprint density at radius 1 is 1.21 bits per heavy atom. The molecule has 0 aliphatic rings. The van der Waals surface area contributed by atoms with Gasteiger partial charge in [0.15, 0.2) is 6.61 Å². The molecule has 2 aromatic heterocycles. The second-order valence-corrected chi connectivity index (χ2v) is 5.77. The number of nitrogens with one attached hydrogen (secondary N) is 1. The first kappa shape index (κ1) is 18.8. The molecule has 0 saturated heterocycles. The lowest BCUT2D eigenvalue weighted by molar-refractivity contribution is -0.119. The number of aryl methyl sites for hydroxylation is 1. The minimum Gasteiger partial charge on any atom is -0.497 e. The molecule has 1 aromatic carbocycles. The molecule has 0 bridgehead atoms. The fraction of sp³-hybridized carbons (Fsp3) is 0.150. The molecule has 0 radical (unpaired) electrons. The number of hydrogen-bond acceptors (Lipinski definition) is 6. The molecule has 1 amide bonds. The molecule has 8 heteroatoms. The van der Waals surface area contributed by atoms with Crippen LogP contribution in [0.15, 0.2) is 53.2 Å². The SMILES string of the molecule is COc1ccc(NC(=O)COC(=O)c2c(C)oc(-n3cccc3)c2C#N)cc1. The number of esters is 1. The largest absolute Gasteiger partial charge is 0.497 e. The summed E-state index contributed by atoms with van der Waals surface area (Å²) in [6.45, 7) is 1.06. The van der Waals surface area contributed by atoms with Crippen LogP contribution >= 0.6 is 0 Å². The molecule has 28 heavy (non-hydrogen) atoms. The lowest BCUT2D eigenvalue weighted by Gasteiger charge is -2.07. The molecular weight excluding hydrogens is 362 g/mol. The number of anilines is 1. The highest BCUT2D eigenvalue weighted by Gasteiger charge is 2.26. The van der Waals surface area contributed by atoms with E-state index in [2.05, 4.69) is 5.32 Å². The number of methoxy groups -OCH3 is 1. The van der Waals surface area contributed by atoms with Gasteiger partial charge < -0.3 is 19.2 Å². The van der Waals surface area contributed by atoms with Crippen LogP contribution in [0.2, 0.25) is 0 Å². The maximum absolute atomic E-state index is 12.4. The van der Waals surface area contributed by atoms with Crippen LogP contribution in [0.25, 0.3) is 5.88 Å². The minimum absolute atomic E-state index is 0.00319. The third-order valence-corrected chi connectivity index (χ3v) is 3.93. The second kappa shape index (κ2) is 8.14. The number of nitriles is 1. The highest BCUT2D eigenvalue weighted by molar-refractivity contribution is 5.97. The molecule has 8 nitrogen and oxygen atoms in total. The van der Waals surface area contributed by atoms with E-state index < -0.39 is 18.5 Å². The van der Waals surface area contributed by atoms with E-state index in [0.29, 0.717) is 11.4 Å². The van der Waals surface area contributed by atoms with Gasteiger partial charge >= 0.3 is 5.97 Å². The molecule has 0 saturated carbocycles. The number of nitrogens with zero attached hydrogens (tertiary/aromatic N) is 2. The number of ether oxygens (including phenoxy) is 2. The number of carbonyl (C=O) groups is 2. The van der Waals surface area contributed by atoms with Gasteiger partial charge in [-0.1, -0.05) is 0 Å². The van der Waals surface area contributed by atoms with Gasteiger partial charge in [0, 0.05) is 18.1 Å². The predicted octanol–water partition coefficient (Wildman–Crippen LogP) is 3.05. The Kier molecular flexibility index (Phi) is 5.46. The number of aromatic nitrogens is 1. The Morgan fingerprint density at radius 3 is 2.50 bits per heavy atom. The second-order valence-electron chi connectivity index (χ2n) is 5.77. The summed E-state index contributed by atoms with van der Waals surface area (Å²) in [4.78, 5) is 24.5. The number of rotatable bonds is 6. The number of hydrogen-bond donors (Lipinski definition) is 1.